The fraction of sp³-hybridized carbons (Fsp3) is 0.294. The monoisotopic (exact) mass is 295 g/mol. The van der Waals surface area contributed by atoms with Crippen LogP contribution in [0.3, 0.4) is 0 Å². The molecular formula is C17H17N3S. The van der Waals surface area contributed by atoms with Crippen molar-refractivity contribution in [3.05, 3.63) is 40.3 Å². The third-order valence-electron chi connectivity index (χ3n) is 4.15. The van der Waals surface area contributed by atoms with Gasteiger partial charge in [-0.2, -0.15) is 0 Å². The van der Waals surface area contributed by atoms with Gasteiger partial charge in [-0.3, -0.25) is 0 Å². The summed E-state index contributed by atoms with van der Waals surface area (Å²) in [4.78, 5) is 11.8. The molecule has 0 bridgehead atoms. The Morgan fingerprint density at radius 1 is 1.05 bits per heavy atom. The molecular weight excluding hydrogens is 278 g/mol. The molecule has 1 aromatic carbocycles. The van der Waals surface area contributed by atoms with E-state index < -0.39 is 0 Å². The highest BCUT2D eigenvalue weighted by atomic mass is 32.1. The van der Waals surface area contributed by atoms with Gasteiger partial charge in [0.15, 0.2) is 5.82 Å². The average Bonchev–Trinajstić information content (AvgIpc) is 2.86. The summed E-state index contributed by atoms with van der Waals surface area (Å²) in [6.45, 7) is 2.08. The van der Waals surface area contributed by atoms with Gasteiger partial charge in [-0.05, 0) is 38.2 Å². The number of nitrogens with zero attached hydrogens (tertiary/aromatic N) is 2. The molecule has 0 aliphatic heterocycles. The molecule has 0 radical (unpaired) electrons. The number of thiophene rings is 1. The van der Waals surface area contributed by atoms with Crippen molar-refractivity contribution in [1.82, 2.24) is 9.97 Å². The van der Waals surface area contributed by atoms with Gasteiger partial charge in [0.05, 0.1) is 5.39 Å². The van der Waals surface area contributed by atoms with Crippen LogP contribution in [0.2, 0.25) is 0 Å². The second-order valence-corrected chi connectivity index (χ2v) is 6.77. The van der Waals surface area contributed by atoms with Crippen LogP contribution >= 0.6 is 11.3 Å². The van der Waals surface area contributed by atoms with E-state index in [9.17, 15) is 0 Å². The SMILES string of the molecule is Cc1ccc(-c2nc(N)c3c4c(sc3n2)CCCC4)cc1. The van der Waals surface area contributed by atoms with Crippen molar-refractivity contribution >= 4 is 27.4 Å². The van der Waals surface area contributed by atoms with Crippen LogP contribution in [-0.4, -0.2) is 9.97 Å². The summed E-state index contributed by atoms with van der Waals surface area (Å²) in [6, 6.07) is 8.28. The zero-order chi connectivity index (χ0) is 14.4. The average molecular weight is 295 g/mol. The maximum atomic E-state index is 6.25. The predicted molar refractivity (Wildman–Crippen MR) is 88.6 cm³/mol. The van der Waals surface area contributed by atoms with E-state index in [4.69, 9.17) is 10.7 Å². The smallest absolute Gasteiger partial charge is 0.163 e. The number of fused-ring (bicyclic) bond motifs is 3. The van der Waals surface area contributed by atoms with Gasteiger partial charge < -0.3 is 5.73 Å². The summed E-state index contributed by atoms with van der Waals surface area (Å²) in [5.41, 5.74) is 9.91. The zero-order valence-corrected chi connectivity index (χ0v) is 12.8. The number of hydrogen-bond acceptors (Lipinski definition) is 4. The van der Waals surface area contributed by atoms with Crippen LogP contribution in [0.4, 0.5) is 5.82 Å². The standard InChI is InChI=1S/C17H17N3S/c1-10-6-8-11(9-7-10)16-19-15(18)14-12-4-2-3-5-13(12)21-17(14)20-16/h6-9H,2-5H2,1H3,(H2,18,19,20). The highest BCUT2D eigenvalue weighted by Crippen LogP contribution is 2.38. The first-order valence-electron chi connectivity index (χ1n) is 7.37. The maximum Gasteiger partial charge on any atom is 0.163 e. The van der Waals surface area contributed by atoms with Gasteiger partial charge in [-0.15, -0.1) is 11.3 Å². The van der Waals surface area contributed by atoms with E-state index in [2.05, 4.69) is 36.2 Å². The molecule has 4 heteroatoms. The van der Waals surface area contributed by atoms with Crippen LogP contribution in [0, 0.1) is 6.92 Å². The Balaban J connectivity index is 1.91. The maximum absolute atomic E-state index is 6.25. The Kier molecular flexibility index (Phi) is 2.93. The molecule has 0 saturated heterocycles. The summed E-state index contributed by atoms with van der Waals surface area (Å²) in [5.74, 6) is 1.37. The Morgan fingerprint density at radius 2 is 1.81 bits per heavy atom. The van der Waals surface area contributed by atoms with Crippen molar-refractivity contribution in [1.29, 1.82) is 0 Å². The van der Waals surface area contributed by atoms with E-state index in [0.29, 0.717) is 5.82 Å². The second kappa shape index (κ2) is 4.81. The first-order chi connectivity index (χ1) is 10.2. The number of rotatable bonds is 1. The summed E-state index contributed by atoms with van der Waals surface area (Å²) in [6.07, 6.45) is 4.80. The van der Waals surface area contributed by atoms with Crippen molar-refractivity contribution in [2.45, 2.75) is 32.6 Å². The van der Waals surface area contributed by atoms with Crippen LogP contribution in [0.5, 0.6) is 0 Å². The number of benzene rings is 1. The van der Waals surface area contributed by atoms with E-state index in [0.717, 1.165) is 34.4 Å². The van der Waals surface area contributed by atoms with Crippen LogP contribution < -0.4 is 5.73 Å². The van der Waals surface area contributed by atoms with Gasteiger partial charge >= 0.3 is 0 Å². The summed E-state index contributed by atoms with van der Waals surface area (Å²) in [5, 5.41) is 1.10. The molecule has 0 amide bonds. The van der Waals surface area contributed by atoms with Gasteiger partial charge in [-0.25, -0.2) is 9.97 Å². The number of nitrogens with two attached hydrogens (primary N) is 1. The molecule has 1 aliphatic carbocycles. The lowest BCUT2D eigenvalue weighted by atomic mass is 9.97. The van der Waals surface area contributed by atoms with E-state index in [1.807, 2.05) is 0 Å². The lowest BCUT2D eigenvalue weighted by Gasteiger charge is -2.10. The first-order valence-corrected chi connectivity index (χ1v) is 8.19. The summed E-state index contributed by atoms with van der Waals surface area (Å²) in [7, 11) is 0. The van der Waals surface area contributed by atoms with Crippen molar-refractivity contribution in [2.24, 2.45) is 0 Å². The molecule has 0 atom stereocenters. The number of anilines is 1. The van der Waals surface area contributed by atoms with E-state index >= 15 is 0 Å². The topological polar surface area (TPSA) is 51.8 Å². The largest absolute Gasteiger partial charge is 0.383 e. The predicted octanol–water partition coefficient (Wildman–Crippen LogP) is 4.13. The van der Waals surface area contributed by atoms with Crippen LogP contribution in [0.25, 0.3) is 21.6 Å². The van der Waals surface area contributed by atoms with Crippen molar-refractivity contribution < 1.29 is 0 Å². The molecule has 4 rings (SSSR count). The van der Waals surface area contributed by atoms with Crippen molar-refractivity contribution in [3.63, 3.8) is 0 Å². The third kappa shape index (κ3) is 2.10. The number of aromatic nitrogens is 2. The van der Waals surface area contributed by atoms with Crippen molar-refractivity contribution in [3.8, 4) is 11.4 Å². The molecule has 2 N–H and O–H groups in total. The van der Waals surface area contributed by atoms with E-state index in [1.54, 1.807) is 11.3 Å². The van der Waals surface area contributed by atoms with Crippen LogP contribution in [0.1, 0.15) is 28.8 Å². The quantitative estimate of drug-likeness (QED) is 0.734. The van der Waals surface area contributed by atoms with Gasteiger partial charge in [0.25, 0.3) is 0 Å². The molecule has 106 valence electrons. The highest BCUT2D eigenvalue weighted by Gasteiger charge is 2.20. The third-order valence-corrected chi connectivity index (χ3v) is 5.34. The molecule has 0 spiro atoms. The van der Waals surface area contributed by atoms with E-state index in [-0.39, 0.29) is 0 Å². The molecule has 0 unspecified atom stereocenters. The highest BCUT2D eigenvalue weighted by molar-refractivity contribution is 7.19. The van der Waals surface area contributed by atoms with Gasteiger partial charge in [0.1, 0.15) is 10.6 Å². The summed E-state index contributed by atoms with van der Waals surface area (Å²) < 4.78 is 0. The minimum atomic E-state index is 0.634. The normalized spacial score (nSPS) is 14.3. The van der Waals surface area contributed by atoms with Crippen LogP contribution in [-0.2, 0) is 12.8 Å². The molecule has 0 fully saturated rings. The fourth-order valence-corrected chi connectivity index (χ4v) is 4.29. The van der Waals surface area contributed by atoms with Gasteiger partial charge in [-0.1, -0.05) is 29.8 Å². The molecule has 0 saturated carbocycles. The number of nitrogen functional groups attached to an aromatic ring is 1. The molecule has 21 heavy (non-hydrogen) atoms. The lowest BCUT2D eigenvalue weighted by Crippen LogP contribution is -2.01. The molecule has 1 aliphatic rings. The number of hydrogen-bond donors (Lipinski definition) is 1. The van der Waals surface area contributed by atoms with Crippen LogP contribution in [0.15, 0.2) is 24.3 Å². The van der Waals surface area contributed by atoms with Crippen molar-refractivity contribution in [2.75, 3.05) is 5.73 Å². The second-order valence-electron chi connectivity index (χ2n) is 5.69. The molecule has 2 heterocycles. The van der Waals surface area contributed by atoms with Gasteiger partial charge in [0, 0.05) is 10.4 Å². The lowest BCUT2D eigenvalue weighted by molar-refractivity contribution is 0.700. The Bertz CT molecular complexity index is 818. The number of aryl methyl sites for hydroxylation is 3. The molecule has 3 aromatic rings. The Hall–Kier alpha value is -1.94. The Labute approximate surface area is 127 Å². The minimum Gasteiger partial charge on any atom is -0.383 e. The van der Waals surface area contributed by atoms with E-state index in [1.165, 1.54) is 28.8 Å². The fourth-order valence-electron chi connectivity index (χ4n) is 3.02. The Morgan fingerprint density at radius 3 is 2.62 bits per heavy atom. The molecule has 2 aromatic heterocycles. The zero-order valence-electron chi connectivity index (χ0n) is 12.0. The van der Waals surface area contributed by atoms with Gasteiger partial charge in [0.2, 0.25) is 0 Å². The molecule has 3 nitrogen and oxygen atoms in total. The first kappa shape index (κ1) is 12.8. The minimum absolute atomic E-state index is 0.634. The summed E-state index contributed by atoms with van der Waals surface area (Å²) >= 11 is 1.79.